The summed E-state index contributed by atoms with van der Waals surface area (Å²) in [6, 6.07) is 6.26. The fraction of sp³-hybridized carbons (Fsp3) is 0.481. The number of hydrogen-bond acceptors (Lipinski definition) is 6. The van der Waals surface area contributed by atoms with E-state index in [2.05, 4.69) is 20.2 Å². The quantitative estimate of drug-likeness (QED) is 0.458. The second kappa shape index (κ2) is 12.0. The maximum Gasteiger partial charge on any atom is 0.275 e. The lowest BCUT2D eigenvalue weighted by Crippen LogP contribution is -2.47. The van der Waals surface area contributed by atoms with Crippen LogP contribution in [0.5, 0.6) is 0 Å². The minimum Gasteiger partial charge on any atom is -0.352 e. The molecule has 10 heteroatoms. The molecule has 0 radical (unpaired) electrons. The van der Waals surface area contributed by atoms with Crippen LogP contribution in [-0.4, -0.2) is 74.2 Å². The van der Waals surface area contributed by atoms with Gasteiger partial charge in [0.1, 0.15) is 5.82 Å². The first-order valence-electron chi connectivity index (χ1n) is 13.1. The Morgan fingerprint density at radius 1 is 1.00 bits per heavy atom. The number of anilines is 1. The van der Waals surface area contributed by atoms with Crippen molar-refractivity contribution in [1.82, 2.24) is 29.5 Å². The summed E-state index contributed by atoms with van der Waals surface area (Å²) < 4.78 is 15.5. The number of rotatable bonds is 8. The highest BCUT2D eigenvalue weighted by atomic mass is 35.5. The van der Waals surface area contributed by atoms with Crippen LogP contribution in [0.2, 0.25) is 5.02 Å². The molecule has 1 amide bonds. The van der Waals surface area contributed by atoms with Gasteiger partial charge in [0, 0.05) is 37.4 Å². The molecule has 37 heavy (non-hydrogen) atoms. The number of piperidine rings is 2. The van der Waals surface area contributed by atoms with E-state index in [1.165, 1.54) is 31.4 Å². The SMILES string of the molecule is O=C(c1nn(CCN2CCCCC2)cc1-c1ccc(F)cc1)N1CCCC[C@H]1CNc1ncc(Cl)cn1. The van der Waals surface area contributed by atoms with Crippen LogP contribution in [-0.2, 0) is 6.54 Å². The predicted octanol–water partition coefficient (Wildman–Crippen LogP) is 4.73. The molecule has 2 fully saturated rings. The van der Waals surface area contributed by atoms with Crippen molar-refractivity contribution in [3.63, 3.8) is 0 Å². The number of likely N-dealkylation sites (tertiary alicyclic amines) is 2. The number of halogens is 2. The molecule has 5 rings (SSSR count). The van der Waals surface area contributed by atoms with Gasteiger partial charge in [0.15, 0.2) is 5.69 Å². The van der Waals surface area contributed by atoms with Crippen molar-refractivity contribution in [2.45, 2.75) is 51.1 Å². The molecule has 3 aromatic rings. The van der Waals surface area contributed by atoms with Gasteiger partial charge in [0.2, 0.25) is 5.95 Å². The van der Waals surface area contributed by atoms with Crippen molar-refractivity contribution >= 4 is 23.5 Å². The van der Waals surface area contributed by atoms with Crippen LogP contribution < -0.4 is 5.32 Å². The van der Waals surface area contributed by atoms with Crippen molar-refractivity contribution in [3.05, 3.63) is 59.4 Å². The summed E-state index contributed by atoms with van der Waals surface area (Å²) in [5.74, 6) is 0.0802. The van der Waals surface area contributed by atoms with Crippen molar-refractivity contribution in [3.8, 4) is 11.1 Å². The monoisotopic (exact) mass is 525 g/mol. The van der Waals surface area contributed by atoms with Gasteiger partial charge in [-0.1, -0.05) is 30.2 Å². The maximum absolute atomic E-state index is 13.9. The van der Waals surface area contributed by atoms with Crippen LogP contribution >= 0.6 is 11.6 Å². The second-order valence-electron chi connectivity index (χ2n) is 9.82. The number of carbonyl (C=O) groups excluding carboxylic acids is 1. The normalized spacial score (nSPS) is 18.6. The van der Waals surface area contributed by atoms with Gasteiger partial charge in [-0.05, 0) is 62.9 Å². The Kier molecular flexibility index (Phi) is 8.31. The Hall–Kier alpha value is -3.04. The molecule has 2 saturated heterocycles. The molecule has 8 nitrogen and oxygen atoms in total. The van der Waals surface area contributed by atoms with E-state index in [4.69, 9.17) is 16.7 Å². The van der Waals surface area contributed by atoms with Gasteiger partial charge in [-0.25, -0.2) is 14.4 Å². The van der Waals surface area contributed by atoms with Crippen LogP contribution in [0.1, 0.15) is 49.0 Å². The van der Waals surface area contributed by atoms with E-state index in [1.54, 1.807) is 24.5 Å². The molecule has 2 aliphatic rings. The number of nitrogens with zero attached hydrogens (tertiary/aromatic N) is 6. The van der Waals surface area contributed by atoms with E-state index in [9.17, 15) is 9.18 Å². The van der Waals surface area contributed by atoms with E-state index in [1.807, 2.05) is 15.8 Å². The highest BCUT2D eigenvalue weighted by Gasteiger charge is 2.31. The van der Waals surface area contributed by atoms with Gasteiger partial charge >= 0.3 is 0 Å². The minimum absolute atomic E-state index is 0.0138. The average molecular weight is 526 g/mol. The van der Waals surface area contributed by atoms with Crippen LogP contribution in [0.3, 0.4) is 0 Å². The Labute approximate surface area is 221 Å². The number of benzene rings is 1. The minimum atomic E-state index is -0.305. The molecular formula is C27H33ClFN7O. The van der Waals surface area contributed by atoms with E-state index >= 15 is 0 Å². The number of hydrogen-bond donors (Lipinski definition) is 1. The largest absolute Gasteiger partial charge is 0.352 e. The summed E-state index contributed by atoms with van der Waals surface area (Å²) >= 11 is 5.90. The third kappa shape index (κ3) is 6.45. The highest BCUT2D eigenvalue weighted by Crippen LogP contribution is 2.27. The standard InChI is InChI=1S/C27H33ClFN7O/c28-21-16-30-27(31-17-21)32-18-23-6-2-5-13-36(23)26(37)25-24(20-7-9-22(29)10-8-20)19-35(33-25)15-14-34-11-3-1-4-12-34/h7-10,16-17,19,23H,1-6,11-15,18H2,(H,30,31,32)/t23-/m0/s1. The molecule has 196 valence electrons. The third-order valence-electron chi connectivity index (χ3n) is 7.22. The molecule has 0 spiro atoms. The van der Waals surface area contributed by atoms with Crippen molar-refractivity contribution in [1.29, 1.82) is 0 Å². The molecule has 0 bridgehead atoms. The fourth-order valence-corrected chi connectivity index (χ4v) is 5.29. The molecule has 4 heterocycles. The second-order valence-corrected chi connectivity index (χ2v) is 10.3. The van der Waals surface area contributed by atoms with E-state index in [-0.39, 0.29) is 17.8 Å². The van der Waals surface area contributed by atoms with Crippen molar-refractivity contribution in [2.75, 3.05) is 38.0 Å². The first kappa shape index (κ1) is 25.6. The first-order valence-corrected chi connectivity index (χ1v) is 13.5. The van der Waals surface area contributed by atoms with Crippen LogP contribution in [0.4, 0.5) is 10.3 Å². The Balaban J connectivity index is 1.36. The summed E-state index contributed by atoms with van der Waals surface area (Å²) in [4.78, 5) is 26.7. The van der Waals surface area contributed by atoms with Crippen molar-refractivity contribution < 1.29 is 9.18 Å². The Morgan fingerprint density at radius 3 is 2.49 bits per heavy atom. The number of aromatic nitrogens is 4. The predicted molar refractivity (Wildman–Crippen MR) is 142 cm³/mol. The highest BCUT2D eigenvalue weighted by molar-refractivity contribution is 6.30. The van der Waals surface area contributed by atoms with E-state index in [0.29, 0.717) is 36.3 Å². The zero-order valence-electron chi connectivity index (χ0n) is 21.0. The summed E-state index contributed by atoms with van der Waals surface area (Å²) in [6.45, 7) is 5.02. The molecular weight excluding hydrogens is 493 g/mol. The number of nitrogens with one attached hydrogen (secondary N) is 1. The molecule has 0 saturated carbocycles. The van der Waals surface area contributed by atoms with E-state index in [0.717, 1.165) is 50.0 Å². The number of carbonyl (C=O) groups is 1. The molecule has 0 aliphatic carbocycles. The maximum atomic E-state index is 13.9. The van der Waals surface area contributed by atoms with E-state index < -0.39 is 0 Å². The fourth-order valence-electron chi connectivity index (χ4n) is 5.19. The molecule has 2 aromatic heterocycles. The van der Waals surface area contributed by atoms with Gasteiger partial charge in [0.05, 0.1) is 24.0 Å². The summed E-state index contributed by atoms with van der Waals surface area (Å²) in [5.41, 5.74) is 1.94. The van der Waals surface area contributed by atoms with Crippen molar-refractivity contribution in [2.24, 2.45) is 0 Å². The zero-order valence-corrected chi connectivity index (χ0v) is 21.7. The molecule has 1 aromatic carbocycles. The smallest absolute Gasteiger partial charge is 0.275 e. The van der Waals surface area contributed by atoms with Gasteiger partial charge in [-0.3, -0.25) is 9.48 Å². The Morgan fingerprint density at radius 2 is 1.73 bits per heavy atom. The first-order chi connectivity index (χ1) is 18.1. The lowest BCUT2D eigenvalue weighted by Gasteiger charge is -2.35. The van der Waals surface area contributed by atoms with Gasteiger partial charge in [0.25, 0.3) is 5.91 Å². The third-order valence-corrected chi connectivity index (χ3v) is 7.41. The lowest BCUT2D eigenvalue weighted by molar-refractivity contribution is 0.0621. The Bertz CT molecular complexity index is 1180. The molecule has 2 aliphatic heterocycles. The van der Waals surface area contributed by atoms with Crippen LogP contribution in [0.15, 0.2) is 42.9 Å². The molecule has 1 atom stereocenters. The summed E-state index contributed by atoms with van der Waals surface area (Å²) in [6.07, 6.45) is 11.7. The van der Waals surface area contributed by atoms with Gasteiger partial charge < -0.3 is 15.1 Å². The number of amides is 1. The molecule has 1 N–H and O–H groups in total. The summed E-state index contributed by atoms with van der Waals surface area (Å²) in [7, 11) is 0. The lowest BCUT2D eigenvalue weighted by atomic mass is 10.00. The molecule has 0 unspecified atom stereocenters. The van der Waals surface area contributed by atoms with Crippen LogP contribution in [0, 0.1) is 5.82 Å². The van der Waals surface area contributed by atoms with Gasteiger partial charge in [-0.2, -0.15) is 5.10 Å². The topological polar surface area (TPSA) is 79.2 Å². The van der Waals surface area contributed by atoms with Crippen LogP contribution in [0.25, 0.3) is 11.1 Å². The summed E-state index contributed by atoms with van der Waals surface area (Å²) in [5, 5.41) is 8.50. The van der Waals surface area contributed by atoms with Gasteiger partial charge in [-0.15, -0.1) is 0 Å². The average Bonchev–Trinajstić information content (AvgIpc) is 3.37. The zero-order chi connectivity index (χ0) is 25.6.